The molecule has 4 aromatic carbocycles. The Morgan fingerprint density at radius 2 is 1.48 bits per heavy atom. The minimum atomic E-state index is -1.48. The number of nitrogens with two attached hydrogens (primary N) is 2. The lowest BCUT2D eigenvalue weighted by Gasteiger charge is -2.36. The summed E-state index contributed by atoms with van der Waals surface area (Å²) in [5.74, 6) is -5.92. The number of carbonyl (C=O) groups excluding carboxylic acids is 5. The number of alkyl carbamates (subject to hydrolysis) is 1. The van der Waals surface area contributed by atoms with Gasteiger partial charge in [-0.25, -0.2) is 29.1 Å². The number of aryl methyl sites for hydroxylation is 1. The summed E-state index contributed by atoms with van der Waals surface area (Å²) in [5.41, 5.74) is 13.0. The fraction of sp³-hybridized carbons (Fsp3) is 0.322. The van der Waals surface area contributed by atoms with E-state index in [-0.39, 0.29) is 134 Å². The molecule has 470 valence electrons. The van der Waals surface area contributed by atoms with Gasteiger partial charge in [-0.15, -0.1) is 5.10 Å². The van der Waals surface area contributed by atoms with Crippen LogP contribution in [0, 0.1) is 5.92 Å². The lowest BCUT2D eigenvalue weighted by molar-refractivity contribution is -0.143. The van der Waals surface area contributed by atoms with E-state index in [2.05, 4.69) is 62.1 Å². The lowest BCUT2D eigenvalue weighted by Crippen LogP contribution is -2.44. The number of aliphatic carboxylic acids is 2. The molecule has 3 aromatic heterocycles. The number of anilines is 3. The molecule has 7 aromatic rings. The molecule has 0 saturated carbocycles. The average Bonchev–Trinajstić information content (AvgIpc) is 1.48. The standard InChI is InChI=1S/C59H63N15O15S/c60-19-2-1-5-44(53(81)82)68-51(79)32(24-37(75)13-17-45(54(83)84)69-50(78)31-6-8-33(9-7-31)64-28-36-29-65-49-48(66-36)52(80)71-56(61)70-49)4-3-22-74-30-35(72-73-74)18-23-87-58(86)63-21-20-62-57(90)67-34-10-14-41-40(25-34)55(85)89-59(41)42-15-11-38(76)26-46(42)88-47-27-39(77)12-16-43(47)59/h6-12,14-16,25-27,29-30,32,44-45,64,76-77H,1-5,13,17-24,28,60H2,(H,63,86)(H,68,79)(H,69,78)(H,81,82)(H,83,84)(H2,62,67,90)(H3,61,65,70,71,80)/t32-,44-,45+/m1/s1. The molecule has 15 N–H and O–H groups in total. The van der Waals surface area contributed by atoms with E-state index in [1.165, 1.54) is 47.3 Å². The molecule has 3 atom stereocenters. The van der Waals surface area contributed by atoms with E-state index in [1.54, 1.807) is 48.7 Å². The van der Waals surface area contributed by atoms with Crippen molar-refractivity contribution in [2.75, 3.05) is 42.6 Å². The molecule has 0 unspecified atom stereocenters. The lowest BCUT2D eigenvalue weighted by atomic mass is 9.77. The molecule has 0 fully saturated rings. The first-order chi connectivity index (χ1) is 43.3. The number of Topliss-reactive ketones (excluding diaryl/α,β-unsaturated/α-hetero) is 1. The van der Waals surface area contributed by atoms with Crippen molar-refractivity contribution in [1.82, 2.24) is 56.2 Å². The van der Waals surface area contributed by atoms with Crippen molar-refractivity contribution >= 4 is 87.4 Å². The number of hydrogen-bond acceptors (Lipinski definition) is 22. The predicted molar refractivity (Wildman–Crippen MR) is 324 cm³/mol. The van der Waals surface area contributed by atoms with Gasteiger partial charge in [0, 0.05) is 96.8 Å². The second kappa shape index (κ2) is 28.8. The number of amides is 3. The van der Waals surface area contributed by atoms with Crippen molar-refractivity contribution in [3.63, 3.8) is 0 Å². The van der Waals surface area contributed by atoms with E-state index >= 15 is 0 Å². The minimum absolute atomic E-state index is 0.00606. The molecule has 0 saturated heterocycles. The highest BCUT2D eigenvalue weighted by Gasteiger charge is 2.54. The highest BCUT2D eigenvalue weighted by atomic mass is 32.1. The number of phenols is 2. The van der Waals surface area contributed by atoms with Crippen molar-refractivity contribution in [3.8, 4) is 23.0 Å². The van der Waals surface area contributed by atoms with E-state index in [9.17, 15) is 58.8 Å². The van der Waals surface area contributed by atoms with Crippen LogP contribution in [0.4, 0.5) is 22.1 Å². The van der Waals surface area contributed by atoms with Gasteiger partial charge >= 0.3 is 24.0 Å². The van der Waals surface area contributed by atoms with Crippen LogP contribution in [0.5, 0.6) is 23.0 Å². The van der Waals surface area contributed by atoms with Gasteiger partial charge in [-0.1, -0.05) is 11.3 Å². The minimum Gasteiger partial charge on any atom is -0.508 e. The fourth-order valence-corrected chi connectivity index (χ4v) is 10.4. The van der Waals surface area contributed by atoms with Gasteiger partial charge < -0.3 is 78.0 Å². The largest absolute Gasteiger partial charge is 0.508 e. The molecule has 9 rings (SSSR count). The number of aromatic nitrogens is 7. The van der Waals surface area contributed by atoms with Crippen molar-refractivity contribution in [2.45, 2.75) is 88.6 Å². The van der Waals surface area contributed by atoms with E-state index in [0.29, 0.717) is 58.8 Å². The monoisotopic (exact) mass is 1250 g/mol. The third-order valence-electron chi connectivity index (χ3n) is 14.7. The van der Waals surface area contributed by atoms with Gasteiger partial charge in [0.05, 0.1) is 36.3 Å². The van der Waals surface area contributed by atoms with Crippen LogP contribution in [-0.2, 0) is 53.8 Å². The van der Waals surface area contributed by atoms with Crippen LogP contribution in [0.2, 0.25) is 0 Å². The van der Waals surface area contributed by atoms with Crippen molar-refractivity contribution < 1.29 is 68.2 Å². The predicted octanol–water partition coefficient (Wildman–Crippen LogP) is 3.45. The number of nitrogens with one attached hydrogen (secondary N) is 7. The molecule has 2 aliphatic rings. The second-order valence-corrected chi connectivity index (χ2v) is 21.5. The van der Waals surface area contributed by atoms with E-state index < -0.39 is 70.8 Å². The van der Waals surface area contributed by atoms with Gasteiger partial charge in [-0.05, 0) is 118 Å². The van der Waals surface area contributed by atoms with E-state index in [1.807, 2.05) is 0 Å². The first kappa shape index (κ1) is 63.7. The van der Waals surface area contributed by atoms with Crippen LogP contribution in [0.3, 0.4) is 0 Å². The van der Waals surface area contributed by atoms with E-state index in [4.69, 9.17) is 37.9 Å². The number of aromatic hydroxyl groups is 2. The number of aromatic amines is 1. The summed E-state index contributed by atoms with van der Waals surface area (Å²) in [6.45, 7) is 0.961. The van der Waals surface area contributed by atoms with Gasteiger partial charge in [0.25, 0.3) is 11.5 Å². The van der Waals surface area contributed by atoms with Gasteiger partial charge in [0.2, 0.25) is 11.9 Å². The molecular formula is C59H63N15O15S. The zero-order valence-electron chi connectivity index (χ0n) is 48.0. The maximum Gasteiger partial charge on any atom is 0.407 e. The number of benzene rings is 4. The summed E-state index contributed by atoms with van der Waals surface area (Å²) in [4.78, 5) is 118. The van der Waals surface area contributed by atoms with Crippen LogP contribution in [-0.4, -0.2) is 140 Å². The first-order valence-corrected chi connectivity index (χ1v) is 28.9. The number of ether oxygens (including phenoxy) is 3. The normalized spacial score (nSPS) is 13.5. The number of carboxylic acid groups (broad SMARTS) is 2. The molecule has 30 nitrogen and oxygen atoms in total. The topological polar surface area (TPSA) is 455 Å². The molecule has 0 aliphatic carbocycles. The summed E-state index contributed by atoms with van der Waals surface area (Å²) in [6, 6.07) is 17.3. The van der Waals surface area contributed by atoms with Crippen LogP contribution in [0.1, 0.15) is 100 Å². The van der Waals surface area contributed by atoms with Crippen LogP contribution in [0.15, 0.2) is 96.1 Å². The number of unbranched alkanes of at least 4 members (excludes halogenated alkanes) is 1. The van der Waals surface area contributed by atoms with Crippen LogP contribution >= 0.6 is 12.2 Å². The first-order valence-electron chi connectivity index (χ1n) is 28.5. The Labute approximate surface area is 516 Å². The number of hydrogen-bond donors (Lipinski definition) is 13. The SMILES string of the molecule is NCCCC[C@@H](NC(=O)[C@H](CCCn1cc(CCOC(=O)NCCNC(=S)Nc2ccc3c(c2)C(=O)OC32c3ccc(O)cc3Oc3cc(O)ccc32)nn1)CC(=O)CC[C@H](NC(=O)c1ccc(NCc2cnc3nc(N)[nH]c(=O)c3n2)cc1)C(=O)O)C(=O)O. The van der Waals surface area contributed by atoms with Gasteiger partial charge in [0.1, 0.15) is 40.9 Å². The Bertz CT molecular complexity index is 3890. The number of esters is 1. The Hall–Kier alpha value is -10.8. The molecule has 5 heterocycles. The molecule has 0 radical (unpaired) electrons. The summed E-state index contributed by atoms with van der Waals surface area (Å²) >= 11 is 5.47. The Kier molecular flexibility index (Phi) is 20.4. The summed E-state index contributed by atoms with van der Waals surface area (Å²) in [7, 11) is 0. The maximum absolute atomic E-state index is 13.7. The molecule has 90 heavy (non-hydrogen) atoms. The Morgan fingerprint density at radius 3 is 2.19 bits per heavy atom. The number of phenolic OH excluding ortho intramolecular Hbond substituents is 2. The number of ketones is 1. The van der Waals surface area contributed by atoms with Crippen LogP contribution in [0.25, 0.3) is 11.2 Å². The maximum atomic E-state index is 13.7. The summed E-state index contributed by atoms with van der Waals surface area (Å²) < 4.78 is 19.0. The van der Waals surface area contributed by atoms with Gasteiger partial charge in [-0.2, -0.15) is 4.98 Å². The second-order valence-electron chi connectivity index (χ2n) is 21.0. The summed E-state index contributed by atoms with van der Waals surface area (Å²) in [6.07, 6.45) is 2.97. The Morgan fingerprint density at radius 1 is 0.789 bits per heavy atom. The van der Waals surface area contributed by atoms with Gasteiger partial charge in [0.15, 0.2) is 21.9 Å². The smallest absolute Gasteiger partial charge is 0.407 e. The van der Waals surface area contributed by atoms with Crippen LogP contribution < -0.4 is 53.7 Å². The molecule has 0 bridgehead atoms. The number of nitrogens with zero attached hydrogens (tertiary/aromatic N) is 6. The van der Waals surface area contributed by atoms with Crippen molar-refractivity contribution in [2.24, 2.45) is 11.7 Å². The zero-order valence-corrected chi connectivity index (χ0v) is 48.8. The van der Waals surface area contributed by atoms with E-state index in [0.717, 1.165) is 0 Å². The number of carboxylic acids is 2. The number of carbonyl (C=O) groups is 7. The molecule has 31 heteroatoms. The van der Waals surface area contributed by atoms with Crippen molar-refractivity contribution in [1.29, 1.82) is 0 Å². The third-order valence-corrected chi connectivity index (χ3v) is 14.9. The molecule has 3 amide bonds. The fourth-order valence-electron chi connectivity index (χ4n) is 10.2. The number of fused-ring (bicyclic) bond motifs is 7. The molecule has 2 aliphatic heterocycles. The summed E-state index contributed by atoms with van der Waals surface area (Å²) in [5, 5.41) is 65.5. The molecular weight excluding hydrogens is 1190 g/mol. The van der Waals surface area contributed by atoms with Crippen molar-refractivity contribution in [3.05, 3.63) is 141 Å². The number of H-pyrrole nitrogens is 1. The van der Waals surface area contributed by atoms with Gasteiger partial charge in [-0.3, -0.25) is 28.8 Å². The number of nitrogen functional groups attached to an aromatic ring is 1. The zero-order chi connectivity index (χ0) is 64.1. The highest BCUT2D eigenvalue weighted by Crippen LogP contribution is 2.57. The Balaban J connectivity index is 0.703. The average molecular weight is 1250 g/mol. The quantitative estimate of drug-likeness (QED) is 0.0181. The molecule has 1 spiro atoms. The number of thiocarbonyl (C=S) groups is 1. The third kappa shape index (κ3) is 15.6. The highest BCUT2D eigenvalue weighted by molar-refractivity contribution is 7.80. The number of rotatable bonds is 29.